The minimum atomic E-state index is -0.883. The number of fused-ring (bicyclic) bond motifs is 1. The fourth-order valence-corrected chi connectivity index (χ4v) is 2.10. The second kappa shape index (κ2) is 3.38. The van der Waals surface area contributed by atoms with E-state index in [-0.39, 0.29) is 0 Å². The highest BCUT2D eigenvalue weighted by Gasteiger charge is 2.16. The van der Waals surface area contributed by atoms with Crippen LogP contribution >= 0.6 is 11.8 Å². The first-order valence-corrected chi connectivity index (χ1v) is 5.34. The van der Waals surface area contributed by atoms with Crippen LogP contribution < -0.4 is 0 Å². The SMILES string of the molecule is CSc1[nH]c2ccccc2c1C(=O)O. The lowest BCUT2D eigenvalue weighted by Crippen LogP contribution is -1.96. The molecule has 0 amide bonds. The molecule has 0 radical (unpaired) electrons. The molecule has 72 valence electrons. The fraction of sp³-hybridized carbons (Fsp3) is 0.100. The van der Waals surface area contributed by atoms with Crippen molar-refractivity contribution in [2.45, 2.75) is 5.03 Å². The van der Waals surface area contributed by atoms with Crippen molar-refractivity contribution < 1.29 is 9.90 Å². The first-order valence-electron chi connectivity index (χ1n) is 4.12. The lowest BCUT2D eigenvalue weighted by Gasteiger charge is -1.93. The molecule has 0 bridgehead atoms. The van der Waals surface area contributed by atoms with Crippen LogP contribution in [0.2, 0.25) is 0 Å². The number of aromatic nitrogens is 1. The van der Waals surface area contributed by atoms with Crippen LogP contribution in [0.25, 0.3) is 10.9 Å². The lowest BCUT2D eigenvalue weighted by atomic mass is 10.2. The fourth-order valence-electron chi connectivity index (χ4n) is 1.48. The van der Waals surface area contributed by atoms with Crippen molar-refractivity contribution in [2.24, 2.45) is 0 Å². The van der Waals surface area contributed by atoms with Crippen LogP contribution in [0.1, 0.15) is 10.4 Å². The Morgan fingerprint density at radius 2 is 2.14 bits per heavy atom. The maximum Gasteiger partial charge on any atom is 0.339 e. The summed E-state index contributed by atoms with van der Waals surface area (Å²) < 4.78 is 0. The average Bonchev–Trinajstić information content (AvgIpc) is 2.55. The molecule has 0 aliphatic heterocycles. The number of H-pyrrole nitrogens is 1. The third kappa shape index (κ3) is 1.28. The van der Waals surface area contributed by atoms with Crippen molar-refractivity contribution in [3.8, 4) is 0 Å². The molecule has 2 rings (SSSR count). The first-order chi connectivity index (χ1) is 6.74. The van der Waals surface area contributed by atoms with E-state index in [1.807, 2.05) is 30.5 Å². The van der Waals surface area contributed by atoms with Gasteiger partial charge in [0.05, 0.1) is 10.6 Å². The largest absolute Gasteiger partial charge is 0.478 e. The normalized spacial score (nSPS) is 10.6. The van der Waals surface area contributed by atoms with Crippen molar-refractivity contribution in [1.29, 1.82) is 0 Å². The number of carbonyl (C=O) groups is 1. The zero-order chi connectivity index (χ0) is 10.1. The molecule has 4 heteroatoms. The quantitative estimate of drug-likeness (QED) is 0.744. The minimum absolute atomic E-state index is 0.369. The number of aromatic carboxylic acids is 1. The van der Waals surface area contributed by atoms with Gasteiger partial charge < -0.3 is 10.1 Å². The lowest BCUT2D eigenvalue weighted by molar-refractivity contribution is 0.0695. The highest BCUT2D eigenvalue weighted by Crippen LogP contribution is 2.27. The Morgan fingerprint density at radius 1 is 1.43 bits per heavy atom. The highest BCUT2D eigenvalue weighted by molar-refractivity contribution is 7.98. The molecule has 3 nitrogen and oxygen atoms in total. The van der Waals surface area contributed by atoms with Crippen LogP contribution in [0.5, 0.6) is 0 Å². The molecule has 0 atom stereocenters. The topological polar surface area (TPSA) is 53.1 Å². The van der Waals surface area contributed by atoms with Crippen molar-refractivity contribution in [2.75, 3.05) is 6.26 Å². The number of carboxylic acids is 1. The van der Waals surface area contributed by atoms with Crippen molar-refractivity contribution in [3.63, 3.8) is 0 Å². The summed E-state index contributed by atoms with van der Waals surface area (Å²) in [5.74, 6) is -0.883. The number of aromatic amines is 1. The van der Waals surface area contributed by atoms with Gasteiger partial charge in [-0.1, -0.05) is 18.2 Å². The summed E-state index contributed by atoms with van der Waals surface area (Å²) in [7, 11) is 0. The molecular formula is C10H9NO2S. The summed E-state index contributed by atoms with van der Waals surface area (Å²) in [6, 6.07) is 7.41. The van der Waals surface area contributed by atoms with Gasteiger partial charge in [-0.25, -0.2) is 4.79 Å². The van der Waals surface area contributed by atoms with Crippen molar-refractivity contribution in [1.82, 2.24) is 4.98 Å². The zero-order valence-corrected chi connectivity index (χ0v) is 8.39. The maximum absolute atomic E-state index is 11.0. The van der Waals surface area contributed by atoms with Crippen LogP contribution in [-0.2, 0) is 0 Å². The Hall–Kier alpha value is -1.42. The van der Waals surface area contributed by atoms with Crippen molar-refractivity contribution in [3.05, 3.63) is 29.8 Å². The van der Waals surface area contributed by atoms with E-state index in [0.717, 1.165) is 10.9 Å². The number of para-hydroxylation sites is 1. The van der Waals surface area contributed by atoms with E-state index in [9.17, 15) is 4.79 Å². The van der Waals surface area contributed by atoms with Gasteiger partial charge in [0.1, 0.15) is 0 Å². The molecule has 0 saturated heterocycles. The van der Waals surface area contributed by atoms with E-state index < -0.39 is 5.97 Å². The Labute approximate surface area is 85.1 Å². The monoisotopic (exact) mass is 207 g/mol. The summed E-state index contributed by atoms with van der Waals surface area (Å²) >= 11 is 1.41. The van der Waals surface area contributed by atoms with Crippen LogP contribution in [-0.4, -0.2) is 22.3 Å². The summed E-state index contributed by atoms with van der Waals surface area (Å²) in [5, 5.41) is 10.5. The molecule has 0 saturated carbocycles. The van der Waals surface area contributed by atoms with E-state index >= 15 is 0 Å². The van der Waals surface area contributed by atoms with E-state index in [1.165, 1.54) is 11.8 Å². The van der Waals surface area contributed by atoms with Gasteiger partial charge in [-0.3, -0.25) is 0 Å². The molecule has 0 aliphatic carbocycles. The van der Waals surface area contributed by atoms with Gasteiger partial charge in [0, 0.05) is 10.9 Å². The average molecular weight is 207 g/mol. The summed E-state index contributed by atoms with van der Waals surface area (Å²) in [6.07, 6.45) is 1.86. The Kier molecular flexibility index (Phi) is 2.21. The number of thioether (sulfide) groups is 1. The van der Waals surface area contributed by atoms with E-state index in [0.29, 0.717) is 10.6 Å². The number of rotatable bonds is 2. The summed E-state index contributed by atoms with van der Waals surface area (Å²) in [5.41, 5.74) is 1.24. The number of hydrogen-bond acceptors (Lipinski definition) is 2. The molecule has 2 aromatic rings. The molecule has 1 aromatic heterocycles. The molecule has 0 aliphatic rings. The van der Waals surface area contributed by atoms with Crippen LogP contribution in [0, 0.1) is 0 Å². The highest BCUT2D eigenvalue weighted by atomic mass is 32.2. The number of nitrogens with one attached hydrogen (secondary N) is 1. The van der Waals surface area contributed by atoms with Gasteiger partial charge in [-0.15, -0.1) is 11.8 Å². The molecule has 2 N–H and O–H groups in total. The molecular weight excluding hydrogens is 198 g/mol. The van der Waals surface area contributed by atoms with Crippen molar-refractivity contribution >= 4 is 28.6 Å². The number of carboxylic acid groups (broad SMARTS) is 1. The third-order valence-electron chi connectivity index (χ3n) is 2.09. The maximum atomic E-state index is 11.0. The predicted molar refractivity (Wildman–Crippen MR) is 57.0 cm³/mol. The third-order valence-corrected chi connectivity index (χ3v) is 2.80. The number of hydrogen-bond donors (Lipinski definition) is 2. The van der Waals surface area contributed by atoms with Gasteiger partial charge in [0.15, 0.2) is 0 Å². The van der Waals surface area contributed by atoms with Crippen LogP contribution in [0.15, 0.2) is 29.3 Å². The van der Waals surface area contributed by atoms with E-state index in [2.05, 4.69) is 4.98 Å². The standard InChI is InChI=1S/C10H9NO2S/c1-14-9-8(10(12)13)6-4-2-3-5-7(6)11-9/h2-5,11H,1H3,(H,12,13). The van der Waals surface area contributed by atoms with Gasteiger partial charge in [-0.2, -0.15) is 0 Å². The molecule has 0 spiro atoms. The molecule has 1 heterocycles. The van der Waals surface area contributed by atoms with E-state index in [1.54, 1.807) is 0 Å². The van der Waals surface area contributed by atoms with Crippen LogP contribution in [0.3, 0.4) is 0 Å². The second-order valence-corrected chi connectivity index (χ2v) is 3.70. The van der Waals surface area contributed by atoms with Gasteiger partial charge in [-0.05, 0) is 12.3 Å². The number of benzene rings is 1. The molecule has 0 unspecified atom stereocenters. The molecule has 14 heavy (non-hydrogen) atoms. The Balaban J connectivity index is 2.81. The van der Waals surface area contributed by atoms with Crippen LogP contribution in [0.4, 0.5) is 0 Å². The first kappa shape index (κ1) is 9.15. The smallest absolute Gasteiger partial charge is 0.339 e. The summed E-state index contributed by atoms with van der Waals surface area (Å²) in [6.45, 7) is 0. The summed E-state index contributed by atoms with van der Waals surface area (Å²) in [4.78, 5) is 14.1. The second-order valence-electron chi connectivity index (χ2n) is 2.88. The molecule has 0 fully saturated rings. The predicted octanol–water partition coefficient (Wildman–Crippen LogP) is 2.59. The van der Waals surface area contributed by atoms with Gasteiger partial charge >= 0.3 is 5.97 Å². The van der Waals surface area contributed by atoms with E-state index in [4.69, 9.17) is 5.11 Å². The Bertz CT molecular complexity index is 490. The zero-order valence-electron chi connectivity index (χ0n) is 7.57. The Morgan fingerprint density at radius 3 is 2.79 bits per heavy atom. The molecule has 1 aromatic carbocycles. The minimum Gasteiger partial charge on any atom is -0.478 e. The van der Waals surface area contributed by atoms with Gasteiger partial charge in [0.25, 0.3) is 0 Å². The van der Waals surface area contributed by atoms with Gasteiger partial charge in [0.2, 0.25) is 0 Å².